The zero-order chi connectivity index (χ0) is 45.1. The number of alkyl halides is 6. The van der Waals surface area contributed by atoms with Crippen LogP contribution in [0.2, 0.25) is 0 Å². The van der Waals surface area contributed by atoms with Crippen molar-refractivity contribution in [1.29, 1.82) is 0 Å². The van der Waals surface area contributed by atoms with Crippen molar-refractivity contribution in [1.82, 2.24) is 29.7 Å². The molecule has 8 nitrogen and oxygen atoms in total. The number of H-pyrrole nitrogens is 2. The molecule has 1 atom stereocenters. The molecule has 0 bridgehead atoms. The Kier molecular flexibility index (Phi) is 22.3. The van der Waals surface area contributed by atoms with Gasteiger partial charge in [0.2, 0.25) is 17.8 Å². The average Bonchev–Trinajstić information content (AvgIpc) is 3.85. The van der Waals surface area contributed by atoms with Crippen LogP contribution in [0.4, 0.5) is 35.1 Å². The summed E-state index contributed by atoms with van der Waals surface area (Å²) in [5.41, 5.74) is 3.81. The molecule has 1 saturated heterocycles. The maximum absolute atomic E-state index is 14.9. The standard InChI is InChI=1S/C32H38F2N6O.C5H10O.2C2H3F3.C2H6/c1-5-16-40(27(41)18-20(2)3)19-26-35-28(30(33)36-26)23-12-8-21(9-13-23)22-10-14-24(15-11-22)29-31(34)38-32(37-29)25-7-6-17-39(25)4;1-5(2)3-4-6;2*1-2(3,4)5;1-2/h8-15,20,25H,5-7,16-19H2,1-4H3,(H,35,36)(H,37,38);4-5H,3H2,1-2H3;2*1H3;1-2H3/t25-;;;;/m0..../s1. The van der Waals surface area contributed by atoms with Crippen LogP contribution in [0, 0.1) is 23.7 Å². The number of benzene rings is 2. The smallest absolute Gasteiger partial charge is 0.335 e. The van der Waals surface area contributed by atoms with Crippen LogP contribution in [-0.4, -0.2) is 74.4 Å². The third-order valence-corrected chi connectivity index (χ3v) is 8.21. The number of hydrogen-bond donors (Lipinski definition) is 2. The molecule has 1 amide bonds. The van der Waals surface area contributed by atoms with Crippen LogP contribution in [0.1, 0.15) is 112 Å². The Labute approximate surface area is 343 Å². The number of imidazole rings is 2. The maximum Gasteiger partial charge on any atom is 0.386 e. The third kappa shape index (κ3) is 20.3. The monoisotopic (exact) mass is 844 g/mol. The van der Waals surface area contributed by atoms with Gasteiger partial charge < -0.3 is 19.7 Å². The van der Waals surface area contributed by atoms with E-state index in [0.717, 1.165) is 43.2 Å². The fraction of sp³-hybridized carbons (Fsp3) is 0.535. The first-order valence-corrected chi connectivity index (χ1v) is 19.8. The number of aldehydes is 1. The van der Waals surface area contributed by atoms with Crippen molar-refractivity contribution in [3.63, 3.8) is 0 Å². The third-order valence-electron chi connectivity index (χ3n) is 8.21. The highest BCUT2D eigenvalue weighted by molar-refractivity contribution is 5.76. The van der Waals surface area contributed by atoms with Crippen molar-refractivity contribution in [2.75, 3.05) is 20.1 Å². The molecule has 2 aromatic carbocycles. The van der Waals surface area contributed by atoms with E-state index in [1.54, 1.807) is 4.90 Å². The Morgan fingerprint density at radius 2 is 1.25 bits per heavy atom. The molecule has 16 heteroatoms. The highest BCUT2D eigenvalue weighted by Crippen LogP contribution is 2.32. The zero-order valence-corrected chi connectivity index (χ0v) is 35.7. The number of nitrogens with one attached hydrogen (secondary N) is 2. The Hall–Kier alpha value is -4.60. The first kappa shape index (κ1) is 52.4. The number of amides is 1. The van der Waals surface area contributed by atoms with Gasteiger partial charge in [-0.2, -0.15) is 35.1 Å². The summed E-state index contributed by atoms with van der Waals surface area (Å²) in [5.74, 6) is 0.995. The van der Waals surface area contributed by atoms with Gasteiger partial charge in [-0.1, -0.05) is 97.0 Å². The van der Waals surface area contributed by atoms with Crippen molar-refractivity contribution < 1.29 is 44.7 Å². The Bertz CT molecular complexity index is 1780. The second-order valence-electron chi connectivity index (χ2n) is 14.7. The van der Waals surface area contributed by atoms with Gasteiger partial charge in [0.25, 0.3) is 0 Å². The predicted molar refractivity (Wildman–Crippen MR) is 217 cm³/mol. The fourth-order valence-corrected chi connectivity index (χ4v) is 5.69. The first-order valence-electron chi connectivity index (χ1n) is 19.8. The lowest BCUT2D eigenvalue weighted by molar-refractivity contribution is -0.132. The van der Waals surface area contributed by atoms with E-state index >= 15 is 0 Å². The predicted octanol–water partition coefficient (Wildman–Crippen LogP) is 12.4. The summed E-state index contributed by atoms with van der Waals surface area (Å²) in [7, 11) is 2.04. The molecule has 0 unspecified atom stereocenters. The van der Waals surface area contributed by atoms with Crippen LogP contribution in [0.15, 0.2) is 48.5 Å². The van der Waals surface area contributed by atoms with E-state index in [-0.39, 0.29) is 44.0 Å². The number of aromatic amines is 2. The van der Waals surface area contributed by atoms with E-state index in [1.165, 1.54) is 0 Å². The van der Waals surface area contributed by atoms with Gasteiger partial charge in [-0.15, -0.1) is 0 Å². The van der Waals surface area contributed by atoms with E-state index in [0.29, 0.717) is 53.8 Å². The highest BCUT2D eigenvalue weighted by atomic mass is 19.4. The number of likely N-dealkylation sites (tertiary alicyclic amines) is 1. The molecule has 2 aromatic heterocycles. The quantitative estimate of drug-likeness (QED) is 0.109. The van der Waals surface area contributed by atoms with E-state index in [2.05, 4.69) is 24.8 Å². The van der Waals surface area contributed by atoms with E-state index < -0.39 is 24.2 Å². The lowest BCUT2D eigenvalue weighted by atomic mass is 10.0. The molecule has 0 aliphatic carbocycles. The Morgan fingerprint density at radius 3 is 1.63 bits per heavy atom. The van der Waals surface area contributed by atoms with Crippen LogP contribution in [0.5, 0.6) is 0 Å². The Morgan fingerprint density at radius 1 is 0.814 bits per heavy atom. The summed E-state index contributed by atoms with van der Waals surface area (Å²) in [4.78, 5) is 40.8. The molecule has 1 aliphatic rings. The van der Waals surface area contributed by atoms with E-state index in [4.69, 9.17) is 0 Å². The molecular weight excluding hydrogens is 784 g/mol. The molecular formula is C43H60F8N6O2. The van der Waals surface area contributed by atoms with Crippen LogP contribution >= 0.6 is 0 Å². The maximum atomic E-state index is 14.9. The molecule has 0 saturated carbocycles. The SMILES string of the molecule is CC.CC(C)CC=O.CC(F)(F)F.CC(F)(F)F.CCCN(Cc1nc(-c2ccc(-c3ccc(-c4nc([C@@H]5CCCN5C)[nH]c4F)cc3)cc2)c(F)[nH]1)C(=O)CC(C)C. The summed E-state index contributed by atoms with van der Waals surface area (Å²) in [6.07, 6.45) is -3.04. The molecule has 330 valence electrons. The van der Waals surface area contributed by atoms with Gasteiger partial charge in [0.05, 0.1) is 12.6 Å². The minimum absolute atomic E-state index is 0.0486. The number of halogens is 8. The average molecular weight is 845 g/mol. The lowest BCUT2D eigenvalue weighted by Crippen LogP contribution is -2.32. The number of aromatic nitrogens is 4. The largest absolute Gasteiger partial charge is 0.386 e. The summed E-state index contributed by atoms with van der Waals surface area (Å²) >= 11 is 0. The molecule has 0 spiro atoms. The highest BCUT2D eigenvalue weighted by Gasteiger charge is 2.27. The molecule has 59 heavy (non-hydrogen) atoms. The van der Waals surface area contributed by atoms with Crippen LogP contribution in [0.3, 0.4) is 0 Å². The minimum Gasteiger partial charge on any atom is -0.335 e. The molecule has 0 radical (unpaired) electrons. The van der Waals surface area contributed by atoms with Crippen LogP contribution < -0.4 is 0 Å². The fourth-order valence-electron chi connectivity index (χ4n) is 5.69. The first-order chi connectivity index (χ1) is 27.5. The van der Waals surface area contributed by atoms with Gasteiger partial charge in [-0.05, 0) is 55.8 Å². The van der Waals surface area contributed by atoms with Gasteiger partial charge in [0, 0.05) is 44.4 Å². The van der Waals surface area contributed by atoms with E-state index in [1.807, 2.05) is 104 Å². The number of nitrogens with zero attached hydrogens (tertiary/aromatic N) is 4. The van der Waals surface area contributed by atoms with Crippen molar-refractivity contribution in [3.05, 3.63) is 72.1 Å². The topological polar surface area (TPSA) is 98.0 Å². The molecule has 4 aromatic rings. The van der Waals surface area contributed by atoms with Crippen LogP contribution in [-0.2, 0) is 16.1 Å². The van der Waals surface area contributed by atoms with Gasteiger partial charge in [-0.25, -0.2) is 9.97 Å². The van der Waals surface area contributed by atoms with Gasteiger partial charge in [-0.3, -0.25) is 9.69 Å². The molecule has 3 heterocycles. The zero-order valence-electron chi connectivity index (χ0n) is 35.7. The molecule has 5 rings (SSSR count). The van der Waals surface area contributed by atoms with E-state index in [9.17, 15) is 44.7 Å². The summed E-state index contributed by atoms with van der Waals surface area (Å²) < 4.78 is 91.7. The summed E-state index contributed by atoms with van der Waals surface area (Å²) in [6.45, 7) is 16.3. The summed E-state index contributed by atoms with van der Waals surface area (Å²) in [6, 6.07) is 15.2. The minimum atomic E-state index is -4.00. The van der Waals surface area contributed by atoms with Gasteiger partial charge in [0.1, 0.15) is 29.3 Å². The van der Waals surface area contributed by atoms with Crippen molar-refractivity contribution >= 4 is 12.2 Å². The van der Waals surface area contributed by atoms with Gasteiger partial charge in [0.15, 0.2) is 0 Å². The normalized spacial score (nSPS) is 13.9. The molecule has 1 fully saturated rings. The van der Waals surface area contributed by atoms with Gasteiger partial charge >= 0.3 is 12.4 Å². The van der Waals surface area contributed by atoms with Crippen molar-refractivity contribution in [2.45, 2.75) is 119 Å². The molecule has 1 aliphatic heterocycles. The molecule has 2 N–H and O–H groups in total. The second kappa shape index (κ2) is 25.1. The Balaban J connectivity index is 0.000000814. The number of carbonyl (C=O) groups is 2. The number of carbonyl (C=O) groups excluding carboxylic acids is 2. The second-order valence-corrected chi connectivity index (χ2v) is 14.7. The lowest BCUT2D eigenvalue weighted by Gasteiger charge is -2.22. The van der Waals surface area contributed by atoms with Crippen LogP contribution in [0.25, 0.3) is 33.6 Å². The number of hydrogen-bond acceptors (Lipinski definition) is 5. The number of rotatable bonds is 12. The van der Waals surface area contributed by atoms with Crippen molar-refractivity contribution in [3.8, 4) is 33.6 Å². The van der Waals surface area contributed by atoms with Crippen molar-refractivity contribution in [2.24, 2.45) is 11.8 Å². The summed E-state index contributed by atoms with van der Waals surface area (Å²) in [5, 5.41) is 0.